The zero-order chi connectivity index (χ0) is 13.2. The molecule has 3 nitrogen and oxygen atoms in total. The number of aromatic nitrogens is 2. The Bertz CT molecular complexity index is 729. The molecule has 94 valence electrons. The Balaban J connectivity index is 2.29. The summed E-state index contributed by atoms with van der Waals surface area (Å²) in [4.78, 5) is 15.5. The molecule has 0 bridgehead atoms. The number of carbonyl (C=O) groups is 1. The van der Waals surface area contributed by atoms with Gasteiger partial charge in [0.05, 0.1) is 5.69 Å². The first kappa shape index (κ1) is 11.7. The van der Waals surface area contributed by atoms with E-state index in [9.17, 15) is 4.79 Å². The van der Waals surface area contributed by atoms with Crippen molar-refractivity contribution >= 4 is 11.8 Å². The number of aldehydes is 1. The monoisotopic (exact) mass is 250 g/mol. The van der Waals surface area contributed by atoms with Gasteiger partial charge in [-0.25, -0.2) is 0 Å². The molecule has 0 aliphatic heterocycles. The predicted octanol–water partition coefficient (Wildman–Crippen LogP) is 3.38. The quantitative estimate of drug-likeness (QED) is 0.668. The lowest BCUT2D eigenvalue weighted by atomic mass is 10.1. The van der Waals surface area contributed by atoms with Crippen LogP contribution in [0.15, 0.2) is 48.9 Å². The van der Waals surface area contributed by atoms with Gasteiger partial charge in [0, 0.05) is 29.7 Å². The number of hydrogen-bond donors (Lipinski definition) is 0. The number of pyridine rings is 2. The summed E-state index contributed by atoms with van der Waals surface area (Å²) in [6.07, 6.45) is 7.39. The molecule has 0 aliphatic carbocycles. The van der Waals surface area contributed by atoms with Gasteiger partial charge in [0.15, 0.2) is 6.29 Å². The van der Waals surface area contributed by atoms with E-state index in [1.165, 1.54) is 5.56 Å². The largest absolute Gasteiger partial charge is 0.313 e. The van der Waals surface area contributed by atoms with Crippen LogP contribution in [0.2, 0.25) is 0 Å². The first-order valence-electron chi connectivity index (χ1n) is 6.33. The van der Waals surface area contributed by atoms with Crippen LogP contribution in [0.3, 0.4) is 0 Å². The van der Waals surface area contributed by atoms with E-state index in [4.69, 9.17) is 0 Å². The molecule has 0 radical (unpaired) electrons. The van der Waals surface area contributed by atoms with Crippen LogP contribution < -0.4 is 0 Å². The highest BCUT2D eigenvalue weighted by molar-refractivity contribution is 5.89. The Morgan fingerprint density at radius 2 is 2.00 bits per heavy atom. The molecule has 0 saturated carbocycles. The fraction of sp³-hybridized carbons (Fsp3) is 0.125. The highest BCUT2D eigenvalue weighted by Crippen LogP contribution is 2.26. The topological polar surface area (TPSA) is 34.4 Å². The van der Waals surface area contributed by atoms with Gasteiger partial charge < -0.3 is 4.40 Å². The Labute approximate surface area is 111 Å². The Kier molecular flexibility index (Phi) is 2.88. The van der Waals surface area contributed by atoms with Gasteiger partial charge in [-0.15, -0.1) is 0 Å². The maximum absolute atomic E-state index is 11.4. The molecule has 0 amide bonds. The van der Waals surface area contributed by atoms with Gasteiger partial charge in [0.25, 0.3) is 0 Å². The molecule has 19 heavy (non-hydrogen) atoms. The molecule has 0 saturated heterocycles. The van der Waals surface area contributed by atoms with Crippen LogP contribution in [0.1, 0.15) is 23.0 Å². The van der Waals surface area contributed by atoms with E-state index in [1.54, 1.807) is 12.4 Å². The summed E-state index contributed by atoms with van der Waals surface area (Å²) >= 11 is 0. The van der Waals surface area contributed by atoms with Crippen LogP contribution in [0, 0.1) is 0 Å². The molecule has 0 N–H and O–H groups in total. The lowest BCUT2D eigenvalue weighted by molar-refractivity contribution is 0.111. The number of aryl methyl sites for hydroxylation is 1. The molecule has 3 aromatic rings. The molecule has 0 atom stereocenters. The summed E-state index contributed by atoms with van der Waals surface area (Å²) < 4.78 is 1.96. The minimum Gasteiger partial charge on any atom is -0.313 e. The normalized spacial score (nSPS) is 10.8. The molecule has 0 aromatic carbocycles. The third-order valence-electron chi connectivity index (χ3n) is 3.38. The predicted molar refractivity (Wildman–Crippen MR) is 75.4 cm³/mol. The Morgan fingerprint density at radius 1 is 1.21 bits per heavy atom. The third kappa shape index (κ3) is 1.93. The van der Waals surface area contributed by atoms with Crippen molar-refractivity contribution in [2.75, 3.05) is 0 Å². The molecule has 0 spiro atoms. The minimum absolute atomic E-state index is 0.691. The van der Waals surface area contributed by atoms with Crippen LogP contribution in [-0.2, 0) is 6.42 Å². The third-order valence-corrected chi connectivity index (χ3v) is 3.38. The molecule has 0 unspecified atom stereocenters. The van der Waals surface area contributed by atoms with E-state index in [2.05, 4.69) is 24.0 Å². The minimum atomic E-state index is 0.691. The number of fused-ring (bicyclic) bond motifs is 1. The van der Waals surface area contributed by atoms with Crippen LogP contribution in [0.25, 0.3) is 16.6 Å². The van der Waals surface area contributed by atoms with Crippen molar-refractivity contribution < 1.29 is 4.79 Å². The van der Waals surface area contributed by atoms with Crippen LogP contribution in [-0.4, -0.2) is 15.7 Å². The van der Waals surface area contributed by atoms with Crippen LogP contribution >= 0.6 is 0 Å². The van der Waals surface area contributed by atoms with Crippen molar-refractivity contribution in [3.05, 3.63) is 60.2 Å². The Hall–Kier alpha value is -2.42. The van der Waals surface area contributed by atoms with E-state index in [0.717, 1.165) is 29.4 Å². The summed E-state index contributed by atoms with van der Waals surface area (Å²) in [5.74, 6) is 0. The van der Waals surface area contributed by atoms with Crippen LogP contribution in [0.4, 0.5) is 0 Å². The zero-order valence-corrected chi connectivity index (χ0v) is 10.7. The summed E-state index contributed by atoms with van der Waals surface area (Å²) in [6, 6.07) is 10.0. The number of carbonyl (C=O) groups excluding carboxylic acids is 1. The van der Waals surface area contributed by atoms with E-state index in [-0.39, 0.29) is 0 Å². The molecule has 3 heterocycles. The van der Waals surface area contributed by atoms with Gasteiger partial charge in [0.1, 0.15) is 0 Å². The SMILES string of the molecule is CCc1ccc2cc(-c3ccncc3)c(C=O)n2c1. The van der Waals surface area contributed by atoms with Gasteiger partial charge >= 0.3 is 0 Å². The summed E-state index contributed by atoms with van der Waals surface area (Å²) in [5, 5.41) is 0. The van der Waals surface area contributed by atoms with Crippen molar-refractivity contribution in [2.24, 2.45) is 0 Å². The lowest BCUT2D eigenvalue weighted by Gasteiger charge is -2.02. The highest BCUT2D eigenvalue weighted by Gasteiger charge is 2.11. The smallest absolute Gasteiger partial charge is 0.167 e. The number of rotatable bonds is 3. The molecule has 0 aliphatic rings. The fourth-order valence-corrected chi connectivity index (χ4v) is 2.33. The highest BCUT2D eigenvalue weighted by atomic mass is 16.1. The summed E-state index contributed by atoms with van der Waals surface area (Å²) in [7, 11) is 0. The summed E-state index contributed by atoms with van der Waals surface area (Å²) in [6.45, 7) is 2.11. The standard InChI is InChI=1S/C16H14N2O/c1-2-12-3-4-14-9-15(13-5-7-17-8-6-13)16(11-19)18(14)10-12/h3-11H,2H2,1H3. The average Bonchev–Trinajstić information content (AvgIpc) is 2.85. The first-order valence-corrected chi connectivity index (χ1v) is 6.33. The van der Waals surface area contributed by atoms with E-state index >= 15 is 0 Å². The fourth-order valence-electron chi connectivity index (χ4n) is 2.33. The molecular formula is C16H14N2O. The molecular weight excluding hydrogens is 236 g/mol. The molecule has 0 fully saturated rings. The second-order valence-electron chi connectivity index (χ2n) is 4.48. The zero-order valence-electron chi connectivity index (χ0n) is 10.7. The lowest BCUT2D eigenvalue weighted by Crippen LogP contribution is -1.94. The van der Waals surface area contributed by atoms with Gasteiger partial charge in [0.2, 0.25) is 0 Å². The van der Waals surface area contributed by atoms with Crippen molar-refractivity contribution in [3.8, 4) is 11.1 Å². The van der Waals surface area contributed by atoms with Crippen molar-refractivity contribution in [1.82, 2.24) is 9.38 Å². The average molecular weight is 250 g/mol. The maximum atomic E-state index is 11.4. The van der Waals surface area contributed by atoms with Gasteiger partial charge in [-0.3, -0.25) is 9.78 Å². The van der Waals surface area contributed by atoms with Gasteiger partial charge in [-0.1, -0.05) is 13.0 Å². The van der Waals surface area contributed by atoms with E-state index in [1.807, 2.05) is 28.8 Å². The number of hydrogen-bond acceptors (Lipinski definition) is 2. The van der Waals surface area contributed by atoms with Gasteiger partial charge in [-0.2, -0.15) is 0 Å². The second-order valence-corrected chi connectivity index (χ2v) is 4.48. The Morgan fingerprint density at radius 3 is 2.68 bits per heavy atom. The molecule has 3 aromatic heterocycles. The van der Waals surface area contributed by atoms with Crippen molar-refractivity contribution in [2.45, 2.75) is 13.3 Å². The molecule has 3 rings (SSSR count). The molecule has 3 heteroatoms. The second kappa shape index (κ2) is 4.69. The van der Waals surface area contributed by atoms with Crippen molar-refractivity contribution in [3.63, 3.8) is 0 Å². The summed E-state index contributed by atoms with van der Waals surface area (Å²) in [5.41, 5.74) is 4.90. The number of nitrogens with zero attached hydrogens (tertiary/aromatic N) is 2. The van der Waals surface area contributed by atoms with Crippen molar-refractivity contribution in [1.29, 1.82) is 0 Å². The van der Waals surface area contributed by atoms with Gasteiger partial charge in [-0.05, 0) is 41.8 Å². The van der Waals surface area contributed by atoms with Crippen LogP contribution in [0.5, 0.6) is 0 Å². The van der Waals surface area contributed by atoms with E-state index in [0.29, 0.717) is 5.69 Å². The first-order chi connectivity index (χ1) is 9.33. The maximum Gasteiger partial charge on any atom is 0.167 e. The van der Waals surface area contributed by atoms with E-state index < -0.39 is 0 Å².